The zero-order valence-electron chi connectivity index (χ0n) is 10.5. The van der Waals surface area contributed by atoms with Crippen LogP contribution in [0.25, 0.3) is 11.3 Å². The van der Waals surface area contributed by atoms with Gasteiger partial charge in [0, 0.05) is 24.4 Å². The van der Waals surface area contributed by atoms with Gasteiger partial charge >= 0.3 is 0 Å². The Hall–Kier alpha value is -2.17. The molecule has 0 saturated carbocycles. The molecule has 0 atom stereocenters. The van der Waals surface area contributed by atoms with E-state index < -0.39 is 0 Å². The summed E-state index contributed by atoms with van der Waals surface area (Å²) in [5, 5.41) is 2.85. The van der Waals surface area contributed by atoms with Crippen molar-refractivity contribution in [3.8, 4) is 17.0 Å². The standard InChI is InChI=1S/C13H14FN3O/c1-8-6-12(17-13(15-2)16-8)10-5-4-9(18-3)7-11(10)14/h4-7H,1-3H3,(H,15,16,17). The normalized spacial score (nSPS) is 10.2. The predicted octanol–water partition coefficient (Wildman–Crippen LogP) is 2.64. The van der Waals surface area contributed by atoms with Gasteiger partial charge in [0.05, 0.1) is 12.8 Å². The third-order valence-corrected chi connectivity index (χ3v) is 2.53. The molecular weight excluding hydrogens is 233 g/mol. The van der Waals surface area contributed by atoms with Crippen LogP contribution in [-0.4, -0.2) is 24.1 Å². The number of nitrogens with zero attached hydrogens (tertiary/aromatic N) is 2. The third-order valence-electron chi connectivity index (χ3n) is 2.53. The second kappa shape index (κ2) is 5.00. The van der Waals surface area contributed by atoms with Crippen molar-refractivity contribution >= 4 is 5.95 Å². The summed E-state index contributed by atoms with van der Waals surface area (Å²) in [5.41, 5.74) is 1.75. The largest absolute Gasteiger partial charge is 0.497 e. The first-order chi connectivity index (χ1) is 8.63. The molecule has 1 N–H and O–H groups in total. The van der Waals surface area contributed by atoms with Crippen LogP contribution in [0.4, 0.5) is 10.3 Å². The molecule has 0 unspecified atom stereocenters. The molecule has 0 aliphatic heterocycles. The first kappa shape index (κ1) is 12.3. The predicted molar refractivity (Wildman–Crippen MR) is 68.3 cm³/mol. The topological polar surface area (TPSA) is 47.0 Å². The van der Waals surface area contributed by atoms with Crippen LogP contribution in [0.2, 0.25) is 0 Å². The van der Waals surface area contributed by atoms with Crippen LogP contribution in [-0.2, 0) is 0 Å². The Kier molecular flexibility index (Phi) is 3.41. The fraction of sp³-hybridized carbons (Fsp3) is 0.231. The highest BCUT2D eigenvalue weighted by Crippen LogP contribution is 2.25. The van der Waals surface area contributed by atoms with E-state index in [1.54, 1.807) is 25.2 Å². The molecule has 18 heavy (non-hydrogen) atoms. The molecular formula is C13H14FN3O. The van der Waals surface area contributed by atoms with Gasteiger partial charge in [0.2, 0.25) is 5.95 Å². The van der Waals surface area contributed by atoms with Crippen molar-refractivity contribution in [1.29, 1.82) is 0 Å². The smallest absolute Gasteiger partial charge is 0.223 e. The Morgan fingerprint density at radius 2 is 2.00 bits per heavy atom. The molecule has 0 bridgehead atoms. The average molecular weight is 247 g/mol. The Morgan fingerprint density at radius 1 is 1.22 bits per heavy atom. The maximum Gasteiger partial charge on any atom is 0.223 e. The quantitative estimate of drug-likeness (QED) is 0.905. The van der Waals surface area contributed by atoms with Crippen molar-refractivity contribution in [3.63, 3.8) is 0 Å². The summed E-state index contributed by atoms with van der Waals surface area (Å²) in [6, 6.07) is 6.43. The second-order valence-electron chi connectivity index (χ2n) is 3.81. The Labute approximate surface area is 105 Å². The summed E-state index contributed by atoms with van der Waals surface area (Å²) in [4.78, 5) is 8.41. The number of ether oxygens (including phenoxy) is 1. The van der Waals surface area contributed by atoms with Crippen LogP contribution < -0.4 is 10.1 Å². The van der Waals surface area contributed by atoms with Crippen LogP contribution >= 0.6 is 0 Å². The maximum atomic E-state index is 13.9. The van der Waals surface area contributed by atoms with Gasteiger partial charge in [-0.15, -0.1) is 0 Å². The zero-order chi connectivity index (χ0) is 13.1. The fourth-order valence-electron chi connectivity index (χ4n) is 1.65. The number of hydrogen-bond acceptors (Lipinski definition) is 4. The van der Waals surface area contributed by atoms with Crippen LogP contribution in [0.5, 0.6) is 5.75 Å². The Balaban J connectivity index is 2.51. The van der Waals surface area contributed by atoms with Crippen molar-refractivity contribution in [2.24, 2.45) is 0 Å². The van der Waals surface area contributed by atoms with Crippen LogP contribution in [0.15, 0.2) is 24.3 Å². The lowest BCUT2D eigenvalue weighted by Crippen LogP contribution is -2.00. The maximum absolute atomic E-state index is 13.9. The van der Waals surface area contributed by atoms with E-state index in [1.165, 1.54) is 13.2 Å². The molecule has 1 aromatic carbocycles. The van der Waals surface area contributed by atoms with Crippen molar-refractivity contribution < 1.29 is 9.13 Å². The van der Waals surface area contributed by atoms with E-state index in [9.17, 15) is 4.39 Å². The van der Waals surface area contributed by atoms with Gasteiger partial charge in [0.15, 0.2) is 0 Å². The van der Waals surface area contributed by atoms with E-state index in [-0.39, 0.29) is 5.82 Å². The van der Waals surface area contributed by atoms with E-state index in [0.717, 1.165) is 5.69 Å². The first-order valence-corrected chi connectivity index (χ1v) is 5.51. The highest BCUT2D eigenvalue weighted by atomic mass is 19.1. The summed E-state index contributed by atoms with van der Waals surface area (Å²) in [6.45, 7) is 1.84. The molecule has 5 heteroatoms. The molecule has 4 nitrogen and oxygen atoms in total. The van der Waals surface area contributed by atoms with Gasteiger partial charge in [-0.05, 0) is 25.1 Å². The van der Waals surface area contributed by atoms with Crippen molar-refractivity contribution in [1.82, 2.24) is 9.97 Å². The van der Waals surface area contributed by atoms with Crippen molar-refractivity contribution in [3.05, 3.63) is 35.8 Å². The number of hydrogen-bond donors (Lipinski definition) is 1. The number of aromatic nitrogens is 2. The van der Waals surface area contributed by atoms with Gasteiger partial charge in [0.25, 0.3) is 0 Å². The monoisotopic (exact) mass is 247 g/mol. The highest BCUT2D eigenvalue weighted by Gasteiger charge is 2.10. The lowest BCUT2D eigenvalue weighted by molar-refractivity contribution is 0.411. The van der Waals surface area contributed by atoms with Crippen LogP contribution in [0.3, 0.4) is 0 Å². The van der Waals surface area contributed by atoms with E-state index in [0.29, 0.717) is 23.0 Å². The number of methoxy groups -OCH3 is 1. The molecule has 2 rings (SSSR count). The number of nitrogens with one attached hydrogen (secondary N) is 1. The average Bonchev–Trinajstić information content (AvgIpc) is 2.37. The molecule has 0 aliphatic carbocycles. The minimum Gasteiger partial charge on any atom is -0.497 e. The lowest BCUT2D eigenvalue weighted by Gasteiger charge is -2.07. The Morgan fingerprint density at radius 3 is 2.61 bits per heavy atom. The zero-order valence-corrected chi connectivity index (χ0v) is 10.5. The molecule has 0 radical (unpaired) electrons. The molecule has 1 heterocycles. The van der Waals surface area contributed by atoms with Crippen LogP contribution in [0.1, 0.15) is 5.69 Å². The third kappa shape index (κ3) is 2.40. The van der Waals surface area contributed by atoms with Gasteiger partial charge in [-0.3, -0.25) is 0 Å². The second-order valence-corrected chi connectivity index (χ2v) is 3.81. The van der Waals surface area contributed by atoms with Crippen molar-refractivity contribution in [2.75, 3.05) is 19.5 Å². The lowest BCUT2D eigenvalue weighted by atomic mass is 10.1. The summed E-state index contributed by atoms with van der Waals surface area (Å²) in [6.07, 6.45) is 0. The van der Waals surface area contributed by atoms with Crippen LogP contribution in [0, 0.1) is 12.7 Å². The molecule has 94 valence electrons. The van der Waals surface area contributed by atoms with Gasteiger partial charge < -0.3 is 10.1 Å². The van der Waals surface area contributed by atoms with Crippen molar-refractivity contribution in [2.45, 2.75) is 6.92 Å². The molecule has 0 saturated heterocycles. The fourth-order valence-corrected chi connectivity index (χ4v) is 1.65. The van der Waals surface area contributed by atoms with E-state index >= 15 is 0 Å². The summed E-state index contributed by atoms with van der Waals surface area (Å²) in [5.74, 6) is 0.589. The van der Waals surface area contributed by atoms with Gasteiger partial charge in [-0.1, -0.05) is 0 Å². The number of rotatable bonds is 3. The number of halogens is 1. The minimum absolute atomic E-state index is 0.366. The number of aryl methyl sites for hydroxylation is 1. The van der Waals surface area contributed by atoms with Gasteiger partial charge in [0.1, 0.15) is 11.6 Å². The van der Waals surface area contributed by atoms with Gasteiger partial charge in [-0.2, -0.15) is 0 Å². The summed E-state index contributed by atoms with van der Waals surface area (Å²) >= 11 is 0. The minimum atomic E-state index is -0.366. The van der Waals surface area contributed by atoms with Gasteiger partial charge in [-0.25, -0.2) is 14.4 Å². The van der Waals surface area contributed by atoms with E-state index in [4.69, 9.17) is 4.74 Å². The molecule has 0 aliphatic rings. The summed E-state index contributed by atoms with van der Waals surface area (Å²) < 4.78 is 18.9. The SMILES string of the molecule is CNc1nc(C)cc(-c2ccc(OC)cc2F)n1. The summed E-state index contributed by atoms with van der Waals surface area (Å²) in [7, 11) is 3.23. The molecule has 0 amide bonds. The highest BCUT2D eigenvalue weighted by molar-refractivity contribution is 5.62. The molecule has 0 fully saturated rings. The molecule has 0 spiro atoms. The molecule has 1 aromatic heterocycles. The number of benzene rings is 1. The van der Waals surface area contributed by atoms with E-state index in [1.807, 2.05) is 6.92 Å². The Bertz CT molecular complexity index is 572. The molecule has 2 aromatic rings. The number of anilines is 1. The van der Waals surface area contributed by atoms with E-state index in [2.05, 4.69) is 15.3 Å². The first-order valence-electron chi connectivity index (χ1n) is 5.51.